The molecule has 5 nitrogen and oxygen atoms in total. The van der Waals surface area contributed by atoms with E-state index < -0.39 is 0 Å². The molecule has 1 aromatic carbocycles. The number of methoxy groups -OCH3 is 1. The van der Waals surface area contributed by atoms with E-state index >= 15 is 0 Å². The summed E-state index contributed by atoms with van der Waals surface area (Å²) in [6.07, 6.45) is 1.83. The second kappa shape index (κ2) is 9.00. The molecule has 0 spiro atoms. The first-order valence-corrected chi connectivity index (χ1v) is 7.32. The molecule has 0 unspecified atom stereocenters. The zero-order chi connectivity index (χ0) is 15.7. The Morgan fingerprint density at radius 1 is 1.10 bits per heavy atom. The molecule has 0 atom stereocenters. The third-order valence-corrected chi connectivity index (χ3v) is 3.09. The van der Waals surface area contributed by atoms with Gasteiger partial charge >= 0.3 is 0 Å². The number of hydrogen-bond donors (Lipinski definition) is 1. The SMILES string of the molecule is CCCN(CCC)C(=O)CNC(=O)c1ccc(OC)cc1. The van der Waals surface area contributed by atoms with Gasteiger partial charge in [-0.1, -0.05) is 13.8 Å². The van der Waals surface area contributed by atoms with Crippen LogP contribution < -0.4 is 10.1 Å². The fraction of sp³-hybridized carbons (Fsp3) is 0.500. The predicted molar refractivity (Wildman–Crippen MR) is 82.5 cm³/mol. The number of nitrogens with zero attached hydrogens (tertiary/aromatic N) is 1. The van der Waals surface area contributed by atoms with Crippen molar-refractivity contribution < 1.29 is 14.3 Å². The third kappa shape index (κ3) is 5.45. The Hall–Kier alpha value is -2.04. The quantitative estimate of drug-likeness (QED) is 0.798. The lowest BCUT2D eigenvalue weighted by Gasteiger charge is -2.21. The van der Waals surface area contributed by atoms with Crippen LogP contribution in [0.3, 0.4) is 0 Å². The van der Waals surface area contributed by atoms with Gasteiger partial charge in [0.05, 0.1) is 13.7 Å². The van der Waals surface area contributed by atoms with Crippen molar-refractivity contribution in [2.45, 2.75) is 26.7 Å². The first kappa shape index (κ1) is 17.0. The average Bonchev–Trinajstić information content (AvgIpc) is 2.52. The summed E-state index contributed by atoms with van der Waals surface area (Å²) in [5, 5.41) is 2.66. The normalized spacial score (nSPS) is 10.0. The van der Waals surface area contributed by atoms with Crippen molar-refractivity contribution in [3.05, 3.63) is 29.8 Å². The number of ether oxygens (including phenoxy) is 1. The molecule has 0 bridgehead atoms. The molecule has 0 aliphatic rings. The summed E-state index contributed by atoms with van der Waals surface area (Å²) in [5.41, 5.74) is 0.515. The summed E-state index contributed by atoms with van der Waals surface area (Å²) >= 11 is 0. The van der Waals surface area contributed by atoms with Gasteiger partial charge in [-0.3, -0.25) is 9.59 Å². The van der Waals surface area contributed by atoms with E-state index in [1.165, 1.54) is 0 Å². The largest absolute Gasteiger partial charge is 0.497 e. The van der Waals surface area contributed by atoms with E-state index in [0.717, 1.165) is 25.9 Å². The molecule has 1 rings (SSSR count). The summed E-state index contributed by atoms with van der Waals surface area (Å²) in [4.78, 5) is 25.8. The standard InChI is InChI=1S/C16H24N2O3/c1-4-10-18(11-5-2)15(19)12-17-16(20)13-6-8-14(21-3)9-7-13/h6-9H,4-5,10-12H2,1-3H3,(H,17,20). The predicted octanol–water partition coefficient (Wildman–Crippen LogP) is 2.07. The highest BCUT2D eigenvalue weighted by Crippen LogP contribution is 2.10. The maximum Gasteiger partial charge on any atom is 0.251 e. The highest BCUT2D eigenvalue weighted by atomic mass is 16.5. The van der Waals surface area contributed by atoms with Crippen molar-refractivity contribution >= 4 is 11.8 Å². The molecule has 1 aromatic rings. The van der Waals surface area contributed by atoms with Crippen molar-refractivity contribution in [2.75, 3.05) is 26.7 Å². The molecule has 0 aliphatic carbocycles. The maximum atomic E-state index is 12.1. The van der Waals surface area contributed by atoms with Gasteiger partial charge in [0.25, 0.3) is 5.91 Å². The molecule has 0 heterocycles. The van der Waals surface area contributed by atoms with Crippen LogP contribution in [0.2, 0.25) is 0 Å². The van der Waals surface area contributed by atoms with Gasteiger partial charge in [-0.15, -0.1) is 0 Å². The van der Waals surface area contributed by atoms with Crippen LogP contribution in [-0.4, -0.2) is 43.5 Å². The number of nitrogens with one attached hydrogen (secondary N) is 1. The molecule has 5 heteroatoms. The molecule has 0 saturated carbocycles. The summed E-state index contributed by atoms with van der Waals surface area (Å²) in [6.45, 7) is 5.55. The van der Waals surface area contributed by atoms with Gasteiger partial charge in [0, 0.05) is 18.7 Å². The fourth-order valence-electron chi connectivity index (χ4n) is 2.01. The van der Waals surface area contributed by atoms with E-state index in [0.29, 0.717) is 11.3 Å². The Balaban J connectivity index is 2.52. The minimum absolute atomic E-state index is 0.0326. The van der Waals surface area contributed by atoms with E-state index in [-0.39, 0.29) is 18.4 Å². The van der Waals surface area contributed by atoms with Crippen LogP contribution in [0, 0.1) is 0 Å². The lowest BCUT2D eigenvalue weighted by molar-refractivity contribution is -0.130. The molecule has 1 N–H and O–H groups in total. The Morgan fingerprint density at radius 2 is 1.67 bits per heavy atom. The van der Waals surface area contributed by atoms with Crippen molar-refractivity contribution in [3.8, 4) is 5.75 Å². The number of carbonyl (C=O) groups excluding carboxylic acids is 2. The lowest BCUT2D eigenvalue weighted by atomic mass is 10.2. The van der Waals surface area contributed by atoms with Gasteiger partial charge in [-0.25, -0.2) is 0 Å². The van der Waals surface area contributed by atoms with Crippen LogP contribution in [0.1, 0.15) is 37.0 Å². The zero-order valence-corrected chi connectivity index (χ0v) is 13.0. The zero-order valence-electron chi connectivity index (χ0n) is 13.0. The number of carbonyl (C=O) groups is 2. The van der Waals surface area contributed by atoms with Gasteiger partial charge in [-0.05, 0) is 37.1 Å². The summed E-state index contributed by atoms with van der Waals surface area (Å²) in [6, 6.07) is 6.79. The fourth-order valence-corrected chi connectivity index (χ4v) is 2.01. The van der Waals surface area contributed by atoms with Gasteiger partial charge in [0.2, 0.25) is 5.91 Å². The van der Waals surface area contributed by atoms with Crippen LogP contribution in [0.5, 0.6) is 5.75 Å². The number of amides is 2. The molecule has 0 aliphatic heterocycles. The van der Waals surface area contributed by atoms with Crippen LogP contribution >= 0.6 is 0 Å². The van der Waals surface area contributed by atoms with Crippen LogP contribution in [0.15, 0.2) is 24.3 Å². The van der Waals surface area contributed by atoms with Crippen LogP contribution in [0.25, 0.3) is 0 Å². The van der Waals surface area contributed by atoms with Crippen LogP contribution in [-0.2, 0) is 4.79 Å². The van der Waals surface area contributed by atoms with Crippen LogP contribution in [0.4, 0.5) is 0 Å². The Morgan fingerprint density at radius 3 is 2.14 bits per heavy atom. The molecular formula is C16H24N2O3. The van der Waals surface area contributed by atoms with E-state index in [2.05, 4.69) is 5.32 Å². The first-order chi connectivity index (χ1) is 10.1. The molecule has 0 aromatic heterocycles. The highest BCUT2D eigenvalue weighted by Gasteiger charge is 2.13. The van der Waals surface area contributed by atoms with Crippen molar-refractivity contribution in [1.29, 1.82) is 0 Å². The Bertz CT molecular complexity index is 451. The molecule has 0 radical (unpaired) electrons. The second-order valence-corrected chi connectivity index (χ2v) is 4.79. The topological polar surface area (TPSA) is 58.6 Å². The highest BCUT2D eigenvalue weighted by molar-refractivity contribution is 5.96. The second-order valence-electron chi connectivity index (χ2n) is 4.79. The number of benzene rings is 1. The minimum atomic E-state index is -0.251. The smallest absolute Gasteiger partial charge is 0.251 e. The number of rotatable bonds is 8. The third-order valence-electron chi connectivity index (χ3n) is 3.09. The molecule has 2 amide bonds. The summed E-state index contributed by atoms with van der Waals surface area (Å²) in [7, 11) is 1.57. The maximum absolute atomic E-state index is 12.1. The summed E-state index contributed by atoms with van der Waals surface area (Å²) in [5.74, 6) is 0.402. The Kier molecular flexibility index (Phi) is 7.29. The minimum Gasteiger partial charge on any atom is -0.497 e. The molecule has 0 saturated heterocycles. The summed E-state index contributed by atoms with van der Waals surface area (Å²) < 4.78 is 5.04. The van der Waals surface area contributed by atoms with Gasteiger partial charge in [0.1, 0.15) is 5.75 Å². The Labute approximate surface area is 126 Å². The molecule has 0 fully saturated rings. The van der Waals surface area contributed by atoms with Crippen molar-refractivity contribution in [3.63, 3.8) is 0 Å². The van der Waals surface area contributed by atoms with Crippen molar-refractivity contribution in [1.82, 2.24) is 10.2 Å². The lowest BCUT2D eigenvalue weighted by Crippen LogP contribution is -2.40. The van der Waals surface area contributed by atoms with Gasteiger partial charge in [-0.2, -0.15) is 0 Å². The molecule has 21 heavy (non-hydrogen) atoms. The van der Waals surface area contributed by atoms with E-state index in [4.69, 9.17) is 4.74 Å². The monoisotopic (exact) mass is 292 g/mol. The van der Waals surface area contributed by atoms with E-state index in [1.54, 1.807) is 36.3 Å². The molecular weight excluding hydrogens is 268 g/mol. The van der Waals surface area contributed by atoms with Crippen molar-refractivity contribution in [2.24, 2.45) is 0 Å². The first-order valence-electron chi connectivity index (χ1n) is 7.32. The van der Waals surface area contributed by atoms with Gasteiger partial charge < -0.3 is 15.0 Å². The molecule has 116 valence electrons. The van der Waals surface area contributed by atoms with Gasteiger partial charge in [0.15, 0.2) is 0 Å². The van der Waals surface area contributed by atoms with E-state index in [1.807, 2.05) is 13.8 Å². The van der Waals surface area contributed by atoms with E-state index in [9.17, 15) is 9.59 Å². The average molecular weight is 292 g/mol. The number of hydrogen-bond acceptors (Lipinski definition) is 3.